The topological polar surface area (TPSA) is 40.6 Å². The molecule has 0 spiro atoms. The lowest BCUT2D eigenvalue weighted by atomic mass is 9.84. The molecule has 1 aliphatic carbocycles. The summed E-state index contributed by atoms with van der Waals surface area (Å²) in [4.78, 5) is 28.5. The second-order valence-electron chi connectivity index (χ2n) is 6.16. The number of piperazine rings is 1. The van der Waals surface area contributed by atoms with Crippen molar-refractivity contribution in [1.82, 2.24) is 9.80 Å². The van der Waals surface area contributed by atoms with Crippen LogP contribution in [0.15, 0.2) is 24.3 Å². The van der Waals surface area contributed by atoms with E-state index in [4.69, 9.17) is 11.6 Å². The number of amides is 1. The van der Waals surface area contributed by atoms with Crippen molar-refractivity contribution in [3.05, 3.63) is 34.9 Å². The van der Waals surface area contributed by atoms with Crippen molar-refractivity contribution in [2.24, 2.45) is 5.92 Å². The van der Waals surface area contributed by atoms with Crippen LogP contribution in [0, 0.1) is 5.92 Å². The van der Waals surface area contributed by atoms with Gasteiger partial charge in [-0.3, -0.25) is 14.5 Å². The minimum Gasteiger partial charge on any atom is -0.340 e. The molecule has 1 heterocycles. The highest BCUT2D eigenvalue weighted by atomic mass is 35.5. The molecule has 5 heteroatoms. The van der Waals surface area contributed by atoms with Crippen molar-refractivity contribution in [2.45, 2.75) is 19.3 Å². The molecule has 0 atom stereocenters. The smallest absolute Gasteiger partial charge is 0.225 e. The number of rotatable bonds is 4. The first-order chi connectivity index (χ1) is 10.6. The van der Waals surface area contributed by atoms with E-state index >= 15 is 0 Å². The van der Waals surface area contributed by atoms with E-state index in [0.717, 1.165) is 39.0 Å². The van der Waals surface area contributed by atoms with Crippen LogP contribution in [0.4, 0.5) is 0 Å². The molecule has 0 bridgehead atoms. The van der Waals surface area contributed by atoms with Crippen LogP contribution in [-0.4, -0.2) is 54.2 Å². The quantitative estimate of drug-likeness (QED) is 0.800. The molecule has 4 nitrogen and oxygen atoms in total. The zero-order valence-electron chi connectivity index (χ0n) is 12.6. The third-order valence-corrected chi connectivity index (χ3v) is 4.92. The van der Waals surface area contributed by atoms with Crippen LogP contribution in [0.25, 0.3) is 0 Å². The number of halogens is 1. The maximum atomic E-state index is 12.2. The van der Waals surface area contributed by atoms with E-state index in [2.05, 4.69) is 4.90 Å². The highest BCUT2D eigenvalue weighted by Gasteiger charge is 2.31. The van der Waals surface area contributed by atoms with Gasteiger partial charge < -0.3 is 4.90 Å². The van der Waals surface area contributed by atoms with Gasteiger partial charge in [0.25, 0.3) is 0 Å². The Labute approximate surface area is 136 Å². The van der Waals surface area contributed by atoms with Crippen LogP contribution < -0.4 is 0 Å². The van der Waals surface area contributed by atoms with E-state index in [-0.39, 0.29) is 11.7 Å². The Morgan fingerprint density at radius 1 is 1.05 bits per heavy atom. The van der Waals surface area contributed by atoms with Gasteiger partial charge in [-0.2, -0.15) is 0 Å². The molecule has 22 heavy (non-hydrogen) atoms. The molecule has 118 valence electrons. The molecule has 3 rings (SSSR count). The molecule has 1 saturated carbocycles. The zero-order valence-corrected chi connectivity index (χ0v) is 13.4. The van der Waals surface area contributed by atoms with Gasteiger partial charge in [0.2, 0.25) is 5.91 Å². The lowest BCUT2D eigenvalue weighted by Gasteiger charge is -2.38. The highest BCUT2D eigenvalue weighted by molar-refractivity contribution is 6.30. The van der Waals surface area contributed by atoms with Crippen LogP contribution in [-0.2, 0) is 4.79 Å². The Balaban J connectivity index is 1.48. The standard InChI is InChI=1S/C17H21ClN2O2/c18-15-6-4-13(5-7-15)16(21)12-19-8-10-20(11-9-19)17(22)14-2-1-3-14/h4-7,14H,1-3,8-12H2. The van der Waals surface area contributed by atoms with Gasteiger partial charge >= 0.3 is 0 Å². The summed E-state index contributed by atoms with van der Waals surface area (Å²) in [6.45, 7) is 3.44. The first kappa shape index (κ1) is 15.5. The fourth-order valence-electron chi connectivity index (χ4n) is 2.97. The minimum absolute atomic E-state index is 0.107. The normalized spacial score (nSPS) is 19.8. The maximum absolute atomic E-state index is 12.2. The summed E-state index contributed by atoms with van der Waals surface area (Å²) >= 11 is 5.84. The number of ketones is 1. The SMILES string of the molecule is O=C(CN1CCN(C(=O)C2CCC2)CC1)c1ccc(Cl)cc1. The van der Waals surface area contributed by atoms with E-state index in [1.54, 1.807) is 24.3 Å². The lowest BCUT2D eigenvalue weighted by Crippen LogP contribution is -2.52. The van der Waals surface area contributed by atoms with Gasteiger partial charge in [0.05, 0.1) is 6.54 Å². The number of carbonyl (C=O) groups excluding carboxylic acids is 2. The summed E-state index contributed by atoms with van der Waals surface area (Å²) < 4.78 is 0. The van der Waals surface area contributed by atoms with Crippen LogP contribution in [0.5, 0.6) is 0 Å². The molecule has 1 aliphatic heterocycles. The monoisotopic (exact) mass is 320 g/mol. The molecule has 1 saturated heterocycles. The van der Waals surface area contributed by atoms with Crippen molar-refractivity contribution < 1.29 is 9.59 Å². The van der Waals surface area contributed by atoms with Crippen molar-refractivity contribution in [2.75, 3.05) is 32.7 Å². The molecule has 0 N–H and O–H groups in total. The second kappa shape index (κ2) is 6.80. The molecular weight excluding hydrogens is 300 g/mol. The van der Waals surface area contributed by atoms with Gasteiger partial charge in [0, 0.05) is 42.7 Å². The molecule has 1 aromatic rings. The summed E-state index contributed by atoms with van der Waals surface area (Å²) in [5.41, 5.74) is 0.692. The van der Waals surface area contributed by atoms with Crippen molar-refractivity contribution >= 4 is 23.3 Å². The molecule has 1 aromatic carbocycles. The fourth-order valence-corrected chi connectivity index (χ4v) is 3.10. The number of nitrogens with zero attached hydrogens (tertiary/aromatic N) is 2. The summed E-state index contributed by atoms with van der Waals surface area (Å²) in [5.74, 6) is 0.688. The largest absolute Gasteiger partial charge is 0.340 e. The molecule has 2 aliphatic rings. The average molecular weight is 321 g/mol. The third kappa shape index (κ3) is 3.50. The predicted molar refractivity (Wildman–Crippen MR) is 86.1 cm³/mol. The Morgan fingerprint density at radius 2 is 1.68 bits per heavy atom. The maximum Gasteiger partial charge on any atom is 0.225 e. The summed E-state index contributed by atoms with van der Waals surface area (Å²) in [5, 5.41) is 0.639. The lowest BCUT2D eigenvalue weighted by molar-refractivity contribution is -0.139. The predicted octanol–water partition coefficient (Wildman–Crippen LogP) is 2.47. The minimum atomic E-state index is 0.107. The van der Waals surface area contributed by atoms with Gasteiger partial charge in [0.15, 0.2) is 5.78 Å². The van der Waals surface area contributed by atoms with E-state index in [0.29, 0.717) is 23.0 Å². The van der Waals surface area contributed by atoms with Gasteiger partial charge in [-0.1, -0.05) is 18.0 Å². The average Bonchev–Trinajstić information content (AvgIpc) is 2.46. The Kier molecular flexibility index (Phi) is 4.79. The Bertz CT molecular complexity index is 546. The second-order valence-corrected chi connectivity index (χ2v) is 6.60. The van der Waals surface area contributed by atoms with Gasteiger partial charge in [-0.15, -0.1) is 0 Å². The number of Topliss-reactive ketones (excluding diaryl/α,β-unsaturated/α-hetero) is 1. The number of benzene rings is 1. The first-order valence-corrected chi connectivity index (χ1v) is 8.31. The molecule has 0 unspecified atom stereocenters. The Morgan fingerprint density at radius 3 is 2.23 bits per heavy atom. The van der Waals surface area contributed by atoms with Crippen LogP contribution in [0.1, 0.15) is 29.6 Å². The summed E-state index contributed by atoms with van der Waals surface area (Å²) in [6.07, 6.45) is 3.29. The molecular formula is C17H21ClN2O2. The summed E-state index contributed by atoms with van der Waals surface area (Å²) in [6, 6.07) is 7.01. The first-order valence-electron chi connectivity index (χ1n) is 7.93. The van der Waals surface area contributed by atoms with Crippen LogP contribution in [0.2, 0.25) is 5.02 Å². The molecule has 1 amide bonds. The van der Waals surface area contributed by atoms with Crippen molar-refractivity contribution in [3.63, 3.8) is 0 Å². The molecule has 0 aromatic heterocycles. The van der Waals surface area contributed by atoms with Crippen molar-refractivity contribution in [1.29, 1.82) is 0 Å². The van der Waals surface area contributed by atoms with Gasteiger partial charge in [-0.25, -0.2) is 0 Å². The Hall–Kier alpha value is -1.39. The van der Waals surface area contributed by atoms with Gasteiger partial charge in [-0.05, 0) is 37.1 Å². The number of hydrogen-bond acceptors (Lipinski definition) is 3. The zero-order chi connectivity index (χ0) is 15.5. The van der Waals surface area contributed by atoms with E-state index < -0.39 is 0 Å². The van der Waals surface area contributed by atoms with E-state index in [1.165, 1.54) is 6.42 Å². The van der Waals surface area contributed by atoms with Crippen molar-refractivity contribution in [3.8, 4) is 0 Å². The molecule has 2 fully saturated rings. The fraction of sp³-hybridized carbons (Fsp3) is 0.529. The van der Waals surface area contributed by atoms with E-state index in [9.17, 15) is 9.59 Å². The molecule has 0 radical (unpaired) electrons. The highest BCUT2D eigenvalue weighted by Crippen LogP contribution is 2.28. The number of hydrogen-bond donors (Lipinski definition) is 0. The van der Waals surface area contributed by atoms with E-state index in [1.807, 2.05) is 4.90 Å². The van der Waals surface area contributed by atoms with Crippen LogP contribution >= 0.6 is 11.6 Å². The van der Waals surface area contributed by atoms with Gasteiger partial charge in [0.1, 0.15) is 0 Å². The summed E-state index contributed by atoms with van der Waals surface area (Å²) in [7, 11) is 0. The third-order valence-electron chi connectivity index (χ3n) is 4.67. The number of carbonyl (C=O) groups is 2. The van der Waals surface area contributed by atoms with Crippen LogP contribution in [0.3, 0.4) is 0 Å².